The summed E-state index contributed by atoms with van der Waals surface area (Å²) in [5.74, 6) is -0.754. The number of benzene rings is 2. The number of nitrogens with one attached hydrogen (secondary N) is 1. The molecule has 0 saturated heterocycles. The molecule has 174 valence electrons. The Morgan fingerprint density at radius 1 is 1.09 bits per heavy atom. The largest absolute Gasteiger partial charge is 0.355 e. The Kier molecular flexibility index (Phi) is 9.27. The third-order valence-electron chi connectivity index (χ3n) is 5.08. The van der Waals surface area contributed by atoms with Gasteiger partial charge in [-0.25, -0.2) is 8.42 Å². The van der Waals surface area contributed by atoms with Gasteiger partial charge in [0.2, 0.25) is 21.8 Å². The van der Waals surface area contributed by atoms with E-state index in [0.29, 0.717) is 18.7 Å². The van der Waals surface area contributed by atoms with Crippen molar-refractivity contribution in [1.29, 1.82) is 0 Å². The van der Waals surface area contributed by atoms with Crippen LogP contribution in [0.5, 0.6) is 0 Å². The first-order chi connectivity index (χ1) is 15.1. The average Bonchev–Trinajstić information content (AvgIpc) is 2.74. The highest BCUT2D eigenvalue weighted by Gasteiger charge is 2.30. The molecule has 0 bridgehead atoms. The zero-order chi connectivity index (χ0) is 23.9. The number of amides is 2. The maximum Gasteiger partial charge on any atom is 0.244 e. The lowest BCUT2D eigenvalue weighted by atomic mass is 10.1. The van der Waals surface area contributed by atoms with Crippen molar-refractivity contribution in [2.75, 3.05) is 23.7 Å². The summed E-state index contributed by atoms with van der Waals surface area (Å²) in [5.41, 5.74) is 2.11. The quantitative estimate of drug-likeness (QED) is 0.517. The maximum absolute atomic E-state index is 13.4. The SMILES string of the molecule is CCNC(=O)[C@@H](C)N(Cc1cccc(Br)c1)C(=O)CN(c1ccccc1CC)S(C)(=O)=O. The molecule has 2 amide bonds. The van der Waals surface area contributed by atoms with E-state index in [1.807, 2.05) is 43.3 Å². The van der Waals surface area contributed by atoms with Crippen molar-refractivity contribution >= 4 is 43.5 Å². The number of hydrogen-bond donors (Lipinski definition) is 1. The standard InChI is InChI=1S/C23H30BrN3O4S/c1-5-19-11-7-8-13-21(19)27(32(4,30)31)16-22(28)26(17(3)23(29)25-6-2)15-18-10-9-12-20(24)14-18/h7-14,17H,5-6,15-16H2,1-4H3,(H,25,29)/t17-/m1/s1. The number of likely N-dealkylation sites (N-methyl/N-ethyl adjacent to an activating group) is 1. The fraction of sp³-hybridized carbons (Fsp3) is 0.391. The molecule has 0 unspecified atom stereocenters. The summed E-state index contributed by atoms with van der Waals surface area (Å²) < 4.78 is 27.2. The Hall–Kier alpha value is -2.39. The molecule has 32 heavy (non-hydrogen) atoms. The highest BCUT2D eigenvalue weighted by molar-refractivity contribution is 9.10. The molecule has 7 nitrogen and oxygen atoms in total. The third kappa shape index (κ3) is 6.80. The Morgan fingerprint density at radius 2 is 1.78 bits per heavy atom. The second-order valence-corrected chi connectivity index (χ2v) is 10.3. The summed E-state index contributed by atoms with van der Waals surface area (Å²) >= 11 is 3.42. The summed E-state index contributed by atoms with van der Waals surface area (Å²) in [6.07, 6.45) is 1.70. The minimum Gasteiger partial charge on any atom is -0.355 e. The van der Waals surface area contributed by atoms with Crippen molar-refractivity contribution in [1.82, 2.24) is 10.2 Å². The molecule has 0 aliphatic heterocycles. The van der Waals surface area contributed by atoms with Gasteiger partial charge in [0, 0.05) is 17.6 Å². The lowest BCUT2D eigenvalue weighted by Crippen LogP contribution is -2.51. The molecule has 9 heteroatoms. The van der Waals surface area contributed by atoms with Gasteiger partial charge in [0.25, 0.3) is 0 Å². The molecule has 1 atom stereocenters. The van der Waals surface area contributed by atoms with Crippen molar-refractivity contribution in [2.45, 2.75) is 39.8 Å². The molecule has 0 heterocycles. The number of halogens is 1. The Balaban J connectivity index is 2.42. The first-order valence-electron chi connectivity index (χ1n) is 10.5. The van der Waals surface area contributed by atoms with Gasteiger partial charge in [0.15, 0.2) is 0 Å². The number of para-hydroxylation sites is 1. The molecular weight excluding hydrogens is 494 g/mol. The molecule has 0 aromatic heterocycles. The molecule has 2 aromatic carbocycles. The van der Waals surface area contributed by atoms with E-state index < -0.39 is 28.5 Å². The first-order valence-corrected chi connectivity index (χ1v) is 13.1. The molecule has 1 N–H and O–H groups in total. The van der Waals surface area contributed by atoms with Crippen molar-refractivity contribution in [3.63, 3.8) is 0 Å². The maximum atomic E-state index is 13.4. The van der Waals surface area contributed by atoms with Gasteiger partial charge in [0.05, 0.1) is 11.9 Å². The zero-order valence-electron chi connectivity index (χ0n) is 18.8. The lowest BCUT2D eigenvalue weighted by molar-refractivity contribution is -0.139. The van der Waals surface area contributed by atoms with Crippen molar-refractivity contribution in [2.24, 2.45) is 0 Å². The minimum atomic E-state index is -3.74. The van der Waals surface area contributed by atoms with Crippen LogP contribution in [0.15, 0.2) is 53.0 Å². The second-order valence-electron chi connectivity index (χ2n) is 7.47. The van der Waals surface area contributed by atoms with Crippen LogP contribution in [0.25, 0.3) is 0 Å². The van der Waals surface area contributed by atoms with Gasteiger partial charge < -0.3 is 10.2 Å². The summed E-state index contributed by atoms with van der Waals surface area (Å²) in [4.78, 5) is 27.4. The Bertz CT molecular complexity index is 1060. The highest BCUT2D eigenvalue weighted by Crippen LogP contribution is 2.24. The van der Waals surface area contributed by atoms with Crippen LogP contribution in [0.3, 0.4) is 0 Å². The van der Waals surface area contributed by atoms with E-state index >= 15 is 0 Å². The molecule has 2 rings (SSSR count). The van der Waals surface area contributed by atoms with E-state index in [2.05, 4.69) is 21.2 Å². The normalized spacial score (nSPS) is 12.2. The van der Waals surface area contributed by atoms with Crippen molar-refractivity contribution in [3.8, 4) is 0 Å². The molecule has 0 spiro atoms. The Morgan fingerprint density at radius 3 is 2.38 bits per heavy atom. The topological polar surface area (TPSA) is 86.8 Å². The summed E-state index contributed by atoms with van der Waals surface area (Å²) in [5, 5.41) is 2.74. The monoisotopic (exact) mass is 523 g/mol. The molecule has 0 radical (unpaired) electrons. The zero-order valence-corrected chi connectivity index (χ0v) is 21.2. The smallest absolute Gasteiger partial charge is 0.244 e. The van der Waals surface area contributed by atoms with Gasteiger partial charge in [0.1, 0.15) is 12.6 Å². The van der Waals surface area contributed by atoms with Gasteiger partial charge >= 0.3 is 0 Å². The van der Waals surface area contributed by atoms with Gasteiger partial charge in [-0.15, -0.1) is 0 Å². The molecule has 2 aromatic rings. The number of rotatable bonds is 10. The number of aryl methyl sites for hydroxylation is 1. The van der Waals surface area contributed by atoms with E-state index in [1.54, 1.807) is 26.0 Å². The number of nitrogens with zero attached hydrogens (tertiary/aromatic N) is 2. The molecule has 0 aliphatic rings. The predicted molar refractivity (Wildman–Crippen MR) is 131 cm³/mol. The van der Waals surface area contributed by atoms with Crippen molar-refractivity contribution in [3.05, 3.63) is 64.1 Å². The van der Waals surface area contributed by atoms with Crippen LogP contribution >= 0.6 is 15.9 Å². The molecule has 0 saturated carbocycles. The van der Waals surface area contributed by atoms with E-state index in [9.17, 15) is 18.0 Å². The average molecular weight is 524 g/mol. The van der Waals surface area contributed by atoms with Gasteiger partial charge in [-0.3, -0.25) is 13.9 Å². The lowest BCUT2D eigenvalue weighted by Gasteiger charge is -2.32. The third-order valence-corrected chi connectivity index (χ3v) is 6.70. The van der Waals surface area contributed by atoms with Crippen LogP contribution in [-0.4, -0.2) is 50.5 Å². The van der Waals surface area contributed by atoms with Crippen molar-refractivity contribution < 1.29 is 18.0 Å². The summed E-state index contributed by atoms with van der Waals surface area (Å²) in [7, 11) is -3.74. The fourth-order valence-corrected chi connectivity index (χ4v) is 4.71. The number of hydrogen-bond acceptors (Lipinski definition) is 4. The molecule has 0 fully saturated rings. The van der Waals surface area contributed by atoms with Crippen LogP contribution in [-0.2, 0) is 32.6 Å². The van der Waals surface area contributed by atoms with Gasteiger partial charge in [-0.1, -0.05) is 53.2 Å². The van der Waals surface area contributed by atoms with Gasteiger partial charge in [-0.2, -0.15) is 0 Å². The summed E-state index contributed by atoms with van der Waals surface area (Å²) in [6.45, 7) is 5.58. The van der Waals surface area contributed by atoms with Crippen LogP contribution < -0.4 is 9.62 Å². The van der Waals surface area contributed by atoms with E-state index in [4.69, 9.17) is 0 Å². The molecule has 0 aliphatic carbocycles. The number of sulfonamides is 1. The molecular formula is C23H30BrN3O4S. The number of anilines is 1. The van der Waals surface area contributed by atoms with E-state index in [-0.39, 0.29) is 12.5 Å². The van der Waals surface area contributed by atoms with E-state index in [0.717, 1.165) is 26.2 Å². The predicted octanol–water partition coefficient (Wildman–Crippen LogP) is 3.33. The first kappa shape index (κ1) is 25.9. The van der Waals surface area contributed by atoms with Gasteiger partial charge in [-0.05, 0) is 49.6 Å². The highest BCUT2D eigenvalue weighted by atomic mass is 79.9. The number of carbonyl (C=O) groups excluding carboxylic acids is 2. The summed E-state index contributed by atoms with van der Waals surface area (Å²) in [6, 6.07) is 13.8. The Labute approximate surface area is 199 Å². The van der Waals surface area contributed by atoms with Crippen LogP contribution in [0.1, 0.15) is 31.9 Å². The van der Waals surface area contributed by atoms with E-state index in [1.165, 1.54) is 4.90 Å². The minimum absolute atomic E-state index is 0.170. The fourth-order valence-electron chi connectivity index (χ4n) is 3.38. The van der Waals surface area contributed by atoms with Crippen LogP contribution in [0, 0.1) is 0 Å². The van der Waals surface area contributed by atoms with Crippen LogP contribution in [0.2, 0.25) is 0 Å². The second kappa shape index (κ2) is 11.5. The van der Waals surface area contributed by atoms with Crippen LogP contribution in [0.4, 0.5) is 5.69 Å². The number of carbonyl (C=O) groups is 2.